The van der Waals surface area contributed by atoms with E-state index in [0.29, 0.717) is 6.07 Å². The Morgan fingerprint density at radius 1 is 1.22 bits per heavy atom. The maximum absolute atomic E-state index is 13.6. The summed E-state index contributed by atoms with van der Waals surface area (Å²) < 4.78 is 26.6. The molecule has 0 fully saturated rings. The standard InChI is InChI=1S/C17H13F2N3O5/c18-10-2-1-8(11(19)5-10)6-21-16(25)13-14(24)12-9(7-23)3-4-20-15(12)22(27)17(13)26/h1-5,13,23,27H,6-7H2,(H,21,25)/p+1. The first-order valence-electron chi connectivity index (χ1n) is 7.78. The van der Waals surface area contributed by atoms with Crippen LogP contribution < -0.4 is 15.4 Å². The molecule has 10 heteroatoms. The van der Waals surface area contributed by atoms with Crippen LogP contribution in [0.2, 0.25) is 0 Å². The molecule has 0 saturated heterocycles. The molecule has 1 unspecified atom stereocenters. The Labute approximate surface area is 151 Å². The molecule has 8 nitrogen and oxygen atoms in total. The van der Waals surface area contributed by atoms with Crippen molar-refractivity contribution in [2.75, 3.05) is 5.06 Å². The predicted molar refractivity (Wildman–Crippen MR) is 84.2 cm³/mol. The number of amides is 2. The maximum atomic E-state index is 13.6. The van der Waals surface area contributed by atoms with Crippen LogP contribution in [0.4, 0.5) is 14.6 Å². The molecule has 1 atom stereocenters. The molecule has 2 heterocycles. The van der Waals surface area contributed by atoms with Gasteiger partial charge in [0.05, 0.1) is 12.8 Å². The zero-order valence-electron chi connectivity index (χ0n) is 13.7. The number of benzene rings is 1. The van der Waals surface area contributed by atoms with E-state index in [9.17, 15) is 33.5 Å². The number of pyridine rings is 1. The molecule has 2 amide bonds. The molecule has 4 N–H and O–H groups in total. The Balaban J connectivity index is 1.86. The van der Waals surface area contributed by atoms with E-state index >= 15 is 0 Å². The Hall–Kier alpha value is -3.24. The number of hydroxylamine groups is 1. The summed E-state index contributed by atoms with van der Waals surface area (Å²) in [6.07, 6.45) is 1.31. The number of hydrogen-bond acceptors (Lipinski definition) is 5. The fourth-order valence-electron chi connectivity index (χ4n) is 2.77. The normalized spacial score (nSPS) is 16.3. The Bertz CT molecular complexity index is 950. The van der Waals surface area contributed by atoms with Crippen LogP contribution in [-0.4, -0.2) is 27.9 Å². The average molecular weight is 378 g/mol. The number of aliphatic hydroxyl groups is 1. The first-order valence-corrected chi connectivity index (χ1v) is 7.78. The summed E-state index contributed by atoms with van der Waals surface area (Å²) in [7, 11) is 0. The molecule has 0 aliphatic carbocycles. The summed E-state index contributed by atoms with van der Waals surface area (Å²) >= 11 is 0. The fraction of sp³-hybridized carbons (Fsp3) is 0.176. The highest BCUT2D eigenvalue weighted by molar-refractivity contribution is 6.30. The van der Waals surface area contributed by atoms with Gasteiger partial charge >= 0.3 is 11.7 Å². The van der Waals surface area contributed by atoms with E-state index in [1.165, 1.54) is 12.3 Å². The van der Waals surface area contributed by atoms with Crippen LogP contribution in [-0.2, 0) is 22.7 Å². The monoisotopic (exact) mass is 378 g/mol. The summed E-state index contributed by atoms with van der Waals surface area (Å²) in [4.78, 5) is 39.8. The molecule has 0 radical (unpaired) electrons. The van der Waals surface area contributed by atoms with Gasteiger partial charge in [-0.25, -0.2) is 23.8 Å². The Morgan fingerprint density at radius 3 is 2.63 bits per heavy atom. The minimum Gasteiger partial charge on any atom is -0.392 e. The zero-order valence-corrected chi connectivity index (χ0v) is 13.7. The van der Waals surface area contributed by atoms with Gasteiger partial charge in [0.1, 0.15) is 17.2 Å². The average Bonchev–Trinajstić information content (AvgIpc) is 2.65. The van der Waals surface area contributed by atoms with Crippen molar-refractivity contribution >= 4 is 23.4 Å². The molecule has 0 saturated carbocycles. The zero-order chi connectivity index (χ0) is 19.7. The topological polar surface area (TPSA) is 121 Å². The fourth-order valence-corrected chi connectivity index (χ4v) is 2.77. The molecule has 2 aromatic rings. The van der Waals surface area contributed by atoms with Gasteiger partial charge in [0.2, 0.25) is 11.8 Å². The van der Waals surface area contributed by atoms with Crippen molar-refractivity contribution < 1.29 is 38.5 Å². The number of ketones is 1. The van der Waals surface area contributed by atoms with E-state index in [1.807, 2.05) is 0 Å². The third kappa shape index (κ3) is 3.27. The number of rotatable bonds is 4. The number of anilines is 1. The van der Waals surface area contributed by atoms with Gasteiger partial charge in [-0.3, -0.25) is 9.59 Å². The summed E-state index contributed by atoms with van der Waals surface area (Å²) in [6.45, 7) is -0.950. The van der Waals surface area contributed by atoms with Crippen LogP contribution >= 0.6 is 0 Å². The van der Waals surface area contributed by atoms with Gasteiger partial charge < -0.3 is 10.4 Å². The van der Waals surface area contributed by atoms with Crippen LogP contribution in [0.3, 0.4) is 0 Å². The lowest BCUT2D eigenvalue weighted by molar-refractivity contribution is -0.367. The first-order chi connectivity index (χ1) is 12.8. The lowest BCUT2D eigenvalue weighted by atomic mass is 9.89. The number of Topliss-reactive ketones (excluding diaryl/α,β-unsaturated/α-hetero) is 1. The van der Waals surface area contributed by atoms with Crippen molar-refractivity contribution in [2.45, 2.75) is 13.2 Å². The van der Waals surface area contributed by atoms with E-state index < -0.39 is 48.3 Å². The third-order valence-electron chi connectivity index (χ3n) is 4.14. The predicted octanol–water partition coefficient (Wildman–Crippen LogP) is 0.122. The molecule has 1 aromatic carbocycles. The van der Waals surface area contributed by atoms with Crippen LogP contribution in [0.1, 0.15) is 21.5 Å². The third-order valence-corrected chi connectivity index (χ3v) is 4.14. The second-order valence-electron chi connectivity index (χ2n) is 5.79. The number of nitrogens with zero attached hydrogens (tertiary/aromatic N) is 1. The molecular weight excluding hydrogens is 364 g/mol. The highest BCUT2D eigenvalue weighted by Crippen LogP contribution is 2.28. The number of aliphatic hydroxyl groups excluding tert-OH is 1. The lowest BCUT2D eigenvalue weighted by Gasteiger charge is -2.22. The number of carbonyl (C=O) groups is 3. The van der Waals surface area contributed by atoms with Gasteiger partial charge in [-0.05, 0) is 17.2 Å². The first kappa shape index (κ1) is 18.5. The van der Waals surface area contributed by atoms with Gasteiger partial charge in [-0.2, -0.15) is 0 Å². The second kappa shape index (κ2) is 7.17. The quantitative estimate of drug-likeness (QED) is 0.516. The lowest BCUT2D eigenvalue weighted by Crippen LogP contribution is -2.52. The van der Waals surface area contributed by atoms with E-state index in [2.05, 4.69) is 10.3 Å². The summed E-state index contributed by atoms with van der Waals surface area (Å²) in [6, 6.07) is 4.11. The summed E-state index contributed by atoms with van der Waals surface area (Å²) in [5.74, 6) is -7.04. The van der Waals surface area contributed by atoms with Gasteiger partial charge in [0, 0.05) is 23.7 Å². The van der Waals surface area contributed by atoms with E-state index in [4.69, 9.17) is 0 Å². The number of aromatic amines is 1. The molecule has 0 bridgehead atoms. The van der Waals surface area contributed by atoms with E-state index in [1.54, 1.807) is 0 Å². The minimum atomic E-state index is -1.91. The highest BCUT2D eigenvalue weighted by Gasteiger charge is 2.50. The van der Waals surface area contributed by atoms with Crippen molar-refractivity contribution in [1.82, 2.24) is 5.32 Å². The minimum absolute atomic E-state index is 0.0499. The number of aromatic nitrogens is 1. The molecule has 0 spiro atoms. The number of H-pyrrole nitrogens is 1. The number of fused-ring (bicyclic) bond motifs is 1. The van der Waals surface area contributed by atoms with Crippen LogP contribution in [0.25, 0.3) is 0 Å². The smallest absolute Gasteiger partial charge is 0.360 e. The molecular formula is C17H14F2N3O5+. The van der Waals surface area contributed by atoms with Gasteiger partial charge in [0.25, 0.3) is 0 Å². The van der Waals surface area contributed by atoms with Crippen LogP contribution in [0.5, 0.6) is 0 Å². The van der Waals surface area contributed by atoms with Crippen molar-refractivity contribution in [3.63, 3.8) is 0 Å². The largest absolute Gasteiger partial charge is 0.392 e. The van der Waals surface area contributed by atoms with E-state index in [0.717, 1.165) is 12.1 Å². The Morgan fingerprint density at radius 2 is 1.96 bits per heavy atom. The van der Waals surface area contributed by atoms with Gasteiger partial charge in [-0.1, -0.05) is 6.07 Å². The molecule has 1 aliphatic heterocycles. The molecule has 1 aromatic heterocycles. The van der Waals surface area contributed by atoms with Crippen LogP contribution in [0.15, 0.2) is 30.5 Å². The number of hydrogen-bond donors (Lipinski definition) is 3. The second-order valence-corrected chi connectivity index (χ2v) is 5.79. The van der Waals surface area contributed by atoms with Gasteiger partial charge in [-0.15, -0.1) is 0 Å². The van der Waals surface area contributed by atoms with Crippen molar-refractivity contribution in [1.29, 1.82) is 0 Å². The summed E-state index contributed by atoms with van der Waals surface area (Å²) in [5.41, 5.74) is -0.135. The SMILES string of the molecule is O=C(NCc1ccc(F)cc1F)C1C(=O)c2c(CO)cc[nH+]c2N(O)C1=O. The van der Waals surface area contributed by atoms with Crippen molar-refractivity contribution in [3.8, 4) is 0 Å². The highest BCUT2D eigenvalue weighted by atomic mass is 19.1. The molecule has 140 valence electrons. The maximum Gasteiger partial charge on any atom is 0.360 e. The number of carbonyl (C=O) groups excluding carboxylic acids is 3. The van der Waals surface area contributed by atoms with Gasteiger partial charge in [0.15, 0.2) is 5.78 Å². The van der Waals surface area contributed by atoms with E-state index in [-0.39, 0.29) is 27.6 Å². The molecule has 3 rings (SSSR count). The van der Waals surface area contributed by atoms with Crippen LogP contribution in [0, 0.1) is 17.6 Å². The number of halogens is 2. The van der Waals surface area contributed by atoms with Crippen molar-refractivity contribution in [2.24, 2.45) is 5.92 Å². The molecule has 27 heavy (non-hydrogen) atoms. The van der Waals surface area contributed by atoms with Crippen molar-refractivity contribution in [3.05, 3.63) is 58.8 Å². The number of nitrogens with one attached hydrogen (secondary N) is 2. The Kier molecular flexibility index (Phi) is 4.93. The summed E-state index contributed by atoms with van der Waals surface area (Å²) in [5, 5.41) is 21.7. The molecule has 1 aliphatic rings.